The molecule has 0 atom stereocenters. The van der Waals surface area contributed by atoms with Crippen LogP contribution in [0.3, 0.4) is 0 Å². The van der Waals surface area contributed by atoms with Crippen molar-refractivity contribution in [3.63, 3.8) is 0 Å². The van der Waals surface area contributed by atoms with Gasteiger partial charge in [-0.2, -0.15) is 0 Å². The minimum absolute atomic E-state index is 0.197. The Morgan fingerprint density at radius 1 is 1.35 bits per heavy atom. The number of nitro groups is 1. The molecule has 1 aromatic carbocycles. The average molecular weight is 341 g/mol. The Hall–Kier alpha value is -0.940. The average Bonchev–Trinajstić information content (AvgIpc) is 2.45. The van der Waals surface area contributed by atoms with Crippen molar-refractivity contribution in [2.45, 2.75) is 51.6 Å². The van der Waals surface area contributed by atoms with E-state index in [1.54, 1.807) is 12.1 Å². The molecule has 110 valence electrons. The van der Waals surface area contributed by atoms with E-state index in [9.17, 15) is 10.1 Å². The summed E-state index contributed by atoms with van der Waals surface area (Å²) in [6, 6.07) is 5.61. The standard InChI is InChI=1S/C15H21BrN2O2/c1-2-11-3-6-14(7-4-11)17-10-12-9-13(16)5-8-15(12)18(19)20/h5,8-9,11,14,17H,2-4,6-7,10H2,1H3. The zero-order chi connectivity index (χ0) is 14.5. The van der Waals surface area contributed by atoms with Gasteiger partial charge in [-0.1, -0.05) is 29.3 Å². The topological polar surface area (TPSA) is 55.2 Å². The first-order chi connectivity index (χ1) is 9.60. The minimum Gasteiger partial charge on any atom is -0.310 e. The van der Waals surface area contributed by atoms with Gasteiger partial charge in [0.05, 0.1) is 4.92 Å². The summed E-state index contributed by atoms with van der Waals surface area (Å²) >= 11 is 3.38. The van der Waals surface area contributed by atoms with Crippen LogP contribution in [0.1, 0.15) is 44.6 Å². The van der Waals surface area contributed by atoms with Gasteiger partial charge in [-0.25, -0.2) is 0 Å². The van der Waals surface area contributed by atoms with E-state index in [0.29, 0.717) is 12.6 Å². The summed E-state index contributed by atoms with van der Waals surface area (Å²) in [6.45, 7) is 2.82. The van der Waals surface area contributed by atoms with Gasteiger partial charge in [0.1, 0.15) is 0 Å². The highest BCUT2D eigenvalue weighted by Gasteiger charge is 2.21. The number of halogens is 1. The third kappa shape index (κ3) is 4.03. The van der Waals surface area contributed by atoms with Crippen molar-refractivity contribution in [2.75, 3.05) is 0 Å². The van der Waals surface area contributed by atoms with Crippen LogP contribution in [-0.4, -0.2) is 11.0 Å². The maximum Gasteiger partial charge on any atom is 0.273 e. The Morgan fingerprint density at radius 2 is 2.05 bits per heavy atom. The van der Waals surface area contributed by atoms with E-state index in [-0.39, 0.29) is 10.6 Å². The van der Waals surface area contributed by atoms with Gasteiger partial charge in [-0.15, -0.1) is 0 Å². The monoisotopic (exact) mass is 340 g/mol. The summed E-state index contributed by atoms with van der Waals surface area (Å²) < 4.78 is 0.884. The molecular weight excluding hydrogens is 320 g/mol. The highest BCUT2D eigenvalue weighted by molar-refractivity contribution is 9.10. The first kappa shape index (κ1) is 15.4. The van der Waals surface area contributed by atoms with Gasteiger partial charge in [-0.05, 0) is 43.7 Å². The van der Waals surface area contributed by atoms with Crippen LogP contribution in [0.2, 0.25) is 0 Å². The molecule has 0 bridgehead atoms. The normalized spacial score (nSPS) is 22.7. The van der Waals surface area contributed by atoms with Crippen LogP contribution in [0.25, 0.3) is 0 Å². The van der Waals surface area contributed by atoms with Gasteiger partial charge in [0, 0.05) is 28.7 Å². The van der Waals surface area contributed by atoms with Crippen LogP contribution in [0.4, 0.5) is 5.69 Å². The predicted octanol–water partition coefficient (Wildman–Crippen LogP) is 4.42. The van der Waals surface area contributed by atoms with Crippen LogP contribution in [0, 0.1) is 16.0 Å². The van der Waals surface area contributed by atoms with Crippen LogP contribution < -0.4 is 5.32 Å². The van der Waals surface area contributed by atoms with Crippen molar-refractivity contribution in [3.8, 4) is 0 Å². The molecule has 0 spiro atoms. The Morgan fingerprint density at radius 3 is 2.65 bits per heavy atom. The third-order valence-corrected chi connectivity index (χ3v) is 4.74. The summed E-state index contributed by atoms with van der Waals surface area (Å²) in [7, 11) is 0. The Labute approximate surface area is 128 Å². The van der Waals surface area contributed by atoms with E-state index in [1.165, 1.54) is 32.1 Å². The zero-order valence-corrected chi connectivity index (χ0v) is 13.4. The fourth-order valence-electron chi connectivity index (χ4n) is 2.90. The molecule has 0 saturated heterocycles. The first-order valence-electron chi connectivity index (χ1n) is 7.26. The summed E-state index contributed by atoms with van der Waals surface area (Å²) in [4.78, 5) is 10.7. The molecule has 2 rings (SSSR count). The van der Waals surface area contributed by atoms with E-state index in [0.717, 1.165) is 16.0 Å². The molecule has 20 heavy (non-hydrogen) atoms. The largest absolute Gasteiger partial charge is 0.310 e. The van der Waals surface area contributed by atoms with Crippen LogP contribution in [0.5, 0.6) is 0 Å². The highest BCUT2D eigenvalue weighted by atomic mass is 79.9. The number of nitrogens with one attached hydrogen (secondary N) is 1. The third-order valence-electron chi connectivity index (χ3n) is 4.24. The number of hydrogen-bond donors (Lipinski definition) is 1. The van der Waals surface area contributed by atoms with E-state index in [2.05, 4.69) is 28.2 Å². The smallest absolute Gasteiger partial charge is 0.273 e. The van der Waals surface area contributed by atoms with Crippen molar-refractivity contribution in [1.29, 1.82) is 0 Å². The Bertz CT molecular complexity index is 471. The lowest BCUT2D eigenvalue weighted by Gasteiger charge is -2.28. The summed E-state index contributed by atoms with van der Waals surface area (Å²) in [6.07, 6.45) is 6.17. The minimum atomic E-state index is -0.308. The van der Waals surface area contributed by atoms with E-state index >= 15 is 0 Å². The van der Waals surface area contributed by atoms with Gasteiger partial charge in [0.25, 0.3) is 5.69 Å². The summed E-state index contributed by atoms with van der Waals surface area (Å²) in [5.41, 5.74) is 0.949. The molecule has 0 amide bonds. The Kier molecular flexibility index (Phi) is 5.54. The molecule has 5 heteroatoms. The number of nitro benzene ring substituents is 1. The fourth-order valence-corrected chi connectivity index (χ4v) is 3.31. The molecule has 4 nitrogen and oxygen atoms in total. The molecular formula is C15H21BrN2O2. The van der Waals surface area contributed by atoms with E-state index < -0.39 is 0 Å². The van der Waals surface area contributed by atoms with Gasteiger partial charge in [0.15, 0.2) is 0 Å². The predicted molar refractivity (Wildman–Crippen MR) is 83.7 cm³/mol. The Balaban J connectivity index is 1.94. The van der Waals surface area contributed by atoms with E-state index in [4.69, 9.17) is 0 Å². The first-order valence-corrected chi connectivity index (χ1v) is 8.05. The van der Waals surface area contributed by atoms with Crippen LogP contribution in [0.15, 0.2) is 22.7 Å². The molecule has 1 aliphatic rings. The SMILES string of the molecule is CCC1CCC(NCc2cc(Br)ccc2[N+](=O)[O-])CC1. The number of rotatable bonds is 5. The molecule has 0 unspecified atom stereocenters. The molecule has 0 radical (unpaired) electrons. The lowest BCUT2D eigenvalue weighted by atomic mass is 9.84. The van der Waals surface area contributed by atoms with Gasteiger partial charge >= 0.3 is 0 Å². The zero-order valence-electron chi connectivity index (χ0n) is 11.8. The van der Waals surface area contributed by atoms with Crippen LogP contribution in [-0.2, 0) is 6.54 Å². The molecule has 1 aromatic rings. The fraction of sp³-hybridized carbons (Fsp3) is 0.600. The van der Waals surface area contributed by atoms with E-state index in [1.807, 2.05) is 6.07 Å². The van der Waals surface area contributed by atoms with Gasteiger partial charge < -0.3 is 5.32 Å². The van der Waals surface area contributed by atoms with Crippen molar-refractivity contribution < 1.29 is 4.92 Å². The molecule has 1 fully saturated rings. The molecule has 1 aliphatic carbocycles. The quantitative estimate of drug-likeness (QED) is 0.637. The number of benzene rings is 1. The second-order valence-electron chi connectivity index (χ2n) is 5.54. The lowest BCUT2D eigenvalue weighted by molar-refractivity contribution is -0.385. The molecule has 1 saturated carbocycles. The number of hydrogen-bond acceptors (Lipinski definition) is 3. The molecule has 0 aromatic heterocycles. The lowest BCUT2D eigenvalue weighted by Crippen LogP contribution is -2.32. The maximum absolute atomic E-state index is 11.0. The summed E-state index contributed by atoms with van der Waals surface area (Å²) in [5, 5.41) is 14.5. The van der Waals surface area contributed by atoms with Crippen molar-refractivity contribution in [2.24, 2.45) is 5.92 Å². The second-order valence-corrected chi connectivity index (χ2v) is 6.45. The number of nitrogens with zero attached hydrogens (tertiary/aromatic N) is 1. The van der Waals surface area contributed by atoms with Crippen molar-refractivity contribution in [3.05, 3.63) is 38.3 Å². The van der Waals surface area contributed by atoms with Crippen molar-refractivity contribution in [1.82, 2.24) is 5.32 Å². The molecule has 0 heterocycles. The molecule has 0 aliphatic heterocycles. The summed E-state index contributed by atoms with van der Waals surface area (Å²) in [5.74, 6) is 0.869. The highest BCUT2D eigenvalue weighted by Crippen LogP contribution is 2.28. The van der Waals surface area contributed by atoms with Crippen LogP contribution >= 0.6 is 15.9 Å². The van der Waals surface area contributed by atoms with Crippen molar-refractivity contribution >= 4 is 21.6 Å². The molecule has 1 N–H and O–H groups in total. The van der Waals surface area contributed by atoms with Gasteiger partial charge in [0.2, 0.25) is 0 Å². The maximum atomic E-state index is 11.0. The van der Waals surface area contributed by atoms with Gasteiger partial charge in [-0.3, -0.25) is 10.1 Å². The second kappa shape index (κ2) is 7.18.